The van der Waals surface area contributed by atoms with E-state index in [1.165, 1.54) is 0 Å². The van der Waals surface area contributed by atoms with E-state index in [-0.39, 0.29) is 0 Å². The number of phenolic OH excluding ortho intramolecular Hbond substituents is 2. The molecule has 0 heterocycles. The number of benzene rings is 2. The molecule has 0 atom stereocenters. The summed E-state index contributed by atoms with van der Waals surface area (Å²) in [6, 6.07) is 2.48. The van der Waals surface area contributed by atoms with Crippen molar-refractivity contribution in [2.24, 2.45) is 0 Å². The van der Waals surface area contributed by atoms with Crippen LogP contribution in [-0.2, 0) is 0 Å². The first-order valence-corrected chi connectivity index (χ1v) is 7.50. The number of hydrogen-bond acceptors (Lipinski definition) is 6. The molecule has 0 radical (unpaired) electrons. The standard InChI is InChI=1S/C14H7Cl2F3N2O6/c15-5-1-7(12(22)9(3-5)20(24)25)11(14(17,18)19)8-2-6(16)4-10(13(8)23)21(26)27/h1-4,11,22-23H. The molecule has 2 rings (SSSR count). The Morgan fingerprint density at radius 2 is 1.19 bits per heavy atom. The molecular formula is C14H7Cl2F3N2O6. The SMILES string of the molecule is O=[N+]([O-])c1cc(Cl)cc(C(c2cc(Cl)cc([N+](=O)[O-])c2O)C(F)(F)F)c1O. The quantitative estimate of drug-likeness (QED) is 0.527. The van der Waals surface area contributed by atoms with Gasteiger partial charge in [0.25, 0.3) is 0 Å². The maximum atomic E-state index is 13.7. The monoisotopic (exact) mass is 426 g/mol. The van der Waals surface area contributed by atoms with Crippen LogP contribution in [0.2, 0.25) is 10.0 Å². The molecule has 0 unspecified atom stereocenters. The Morgan fingerprint density at radius 3 is 1.44 bits per heavy atom. The van der Waals surface area contributed by atoms with Gasteiger partial charge in [-0.25, -0.2) is 0 Å². The van der Waals surface area contributed by atoms with Crippen LogP contribution in [0.3, 0.4) is 0 Å². The Morgan fingerprint density at radius 1 is 0.852 bits per heavy atom. The highest BCUT2D eigenvalue weighted by atomic mass is 35.5. The van der Waals surface area contributed by atoms with Gasteiger partial charge in [-0.1, -0.05) is 23.2 Å². The van der Waals surface area contributed by atoms with Gasteiger partial charge in [-0.15, -0.1) is 0 Å². The topological polar surface area (TPSA) is 127 Å². The molecule has 0 amide bonds. The normalized spacial score (nSPS) is 11.6. The third-order valence-electron chi connectivity index (χ3n) is 3.51. The van der Waals surface area contributed by atoms with Crippen molar-refractivity contribution in [3.63, 3.8) is 0 Å². The highest BCUT2D eigenvalue weighted by Crippen LogP contribution is 2.51. The van der Waals surface area contributed by atoms with Crippen molar-refractivity contribution in [1.82, 2.24) is 0 Å². The van der Waals surface area contributed by atoms with Crippen molar-refractivity contribution >= 4 is 34.6 Å². The molecular weight excluding hydrogens is 420 g/mol. The molecule has 0 aliphatic rings. The van der Waals surface area contributed by atoms with Gasteiger partial charge in [-0.3, -0.25) is 20.2 Å². The molecule has 0 aliphatic heterocycles. The molecule has 0 saturated carbocycles. The Labute approximate surface area is 157 Å². The molecule has 0 fully saturated rings. The van der Waals surface area contributed by atoms with E-state index in [0.717, 1.165) is 0 Å². The van der Waals surface area contributed by atoms with Crippen LogP contribution in [0.4, 0.5) is 24.5 Å². The van der Waals surface area contributed by atoms with Gasteiger partial charge in [0.1, 0.15) is 5.92 Å². The van der Waals surface area contributed by atoms with Crippen molar-refractivity contribution in [2.45, 2.75) is 12.1 Å². The van der Waals surface area contributed by atoms with E-state index in [1.807, 2.05) is 0 Å². The van der Waals surface area contributed by atoms with E-state index in [9.17, 15) is 43.6 Å². The highest BCUT2D eigenvalue weighted by Gasteiger charge is 2.47. The Kier molecular flexibility index (Phi) is 5.38. The minimum Gasteiger partial charge on any atom is -0.502 e. The Hall–Kier alpha value is -2.79. The van der Waals surface area contributed by atoms with Crippen LogP contribution < -0.4 is 0 Å². The smallest absolute Gasteiger partial charge is 0.399 e. The number of aromatic hydroxyl groups is 2. The van der Waals surface area contributed by atoms with E-state index in [4.69, 9.17) is 23.2 Å². The average Bonchev–Trinajstić information content (AvgIpc) is 2.51. The van der Waals surface area contributed by atoms with Crippen molar-refractivity contribution in [1.29, 1.82) is 0 Å². The van der Waals surface area contributed by atoms with Gasteiger partial charge in [-0.2, -0.15) is 13.2 Å². The van der Waals surface area contributed by atoms with Gasteiger partial charge in [0.2, 0.25) is 0 Å². The van der Waals surface area contributed by atoms with Crippen molar-refractivity contribution in [3.8, 4) is 11.5 Å². The molecule has 0 bridgehead atoms. The lowest BCUT2D eigenvalue weighted by Crippen LogP contribution is -2.22. The molecule has 8 nitrogen and oxygen atoms in total. The third kappa shape index (κ3) is 3.98. The molecule has 2 aromatic carbocycles. The van der Waals surface area contributed by atoms with Crippen LogP contribution in [0.25, 0.3) is 0 Å². The number of rotatable bonds is 4. The van der Waals surface area contributed by atoms with Crippen LogP contribution in [0.1, 0.15) is 17.0 Å². The lowest BCUT2D eigenvalue weighted by molar-refractivity contribution is -0.386. The summed E-state index contributed by atoms with van der Waals surface area (Å²) in [6.07, 6.45) is -5.23. The van der Waals surface area contributed by atoms with Crippen molar-refractivity contribution in [2.75, 3.05) is 0 Å². The highest BCUT2D eigenvalue weighted by molar-refractivity contribution is 6.31. The number of halogens is 5. The van der Waals surface area contributed by atoms with Crippen LogP contribution in [0.5, 0.6) is 11.5 Å². The zero-order valence-electron chi connectivity index (χ0n) is 12.7. The molecule has 27 heavy (non-hydrogen) atoms. The maximum absolute atomic E-state index is 13.7. The number of alkyl halides is 3. The summed E-state index contributed by atoms with van der Waals surface area (Å²) < 4.78 is 41.2. The Bertz CT molecular complexity index is 882. The van der Waals surface area contributed by atoms with Crippen LogP contribution in [0, 0.1) is 20.2 Å². The summed E-state index contributed by atoms with van der Waals surface area (Å²) >= 11 is 11.2. The summed E-state index contributed by atoms with van der Waals surface area (Å²) in [5.74, 6) is -5.59. The van der Waals surface area contributed by atoms with Gasteiger partial charge in [0.05, 0.1) is 9.85 Å². The summed E-state index contributed by atoms with van der Waals surface area (Å²) in [6.45, 7) is 0. The van der Waals surface area contributed by atoms with E-state index in [0.29, 0.717) is 24.3 Å². The fraction of sp³-hybridized carbons (Fsp3) is 0.143. The molecule has 0 aromatic heterocycles. The Balaban J connectivity index is 2.89. The number of nitro benzene ring substituents is 2. The van der Waals surface area contributed by atoms with E-state index < -0.39 is 66.0 Å². The lowest BCUT2D eigenvalue weighted by atomic mass is 9.88. The maximum Gasteiger partial charge on any atom is 0.399 e. The van der Waals surface area contributed by atoms with E-state index in [1.54, 1.807) is 0 Å². The summed E-state index contributed by atoms with van der Waals surface area (Å²) in [5, 5.41) is 40.8. The van der Waals surface area contributed by atoms with Gasteiger partial charge < -0.3 is 10.2 Å². The molecule has 2 aromatic rings. The van der Waals surface area contributed by atoms with Crippen molar-refractivity contribution < 1.29 is 33.2 Å². The number of hydrogen-bond donors (Lipinski definition) is 2. The molecule has 2 N–H and O–H groups in total. The van der Waals surface area contributed by atoms with Gasteiger partial charge in [0.15, 0.2) is 11.5 Å². The van der Waals surface area contributed by atoms with Gasteiger partial charge in [-0.05, 0) is 12.1 Å². The fourth-order valence-electron chi connectivity index (χ4n) is 2.45. The molecule has 0 saturated heterocycles. The van der Waals surface area contributed by atoms with Gasteiger partial charge >= 0.3 is 17.6 Å². The first-order chi connectivity index (χ1) is 12.3. The summed E-state index contributed by atoms with van der Waals surface area (Å²) in [4.78, 5) is 19.6. The molecule has 144 valence electrons. The first-order valence-electron chi connectivity index (χ1n) is 6.75. The van der Waals surface area contributed by atoms with Gasteiger partial charge in [0, 0.05) is 33.3 Å². The summed E-state index contributed by atoms with van der Waals surface area (Å²) in [7, 11) is 0. The predicted octanol–water partition coefficient (Wildman–Crippen LogP) is 4.92. The number of phenols is 2. The second-order valence-electron chi connectivity index (χ2n) is 5.21. The number of nitro groups is 2. The first kappa shape index (κ1) is 20.5. The lowest BCUT2D eigenvalue weighted by Gasteiger charge is -2.23. The second kappa shape index (κ2) is 7.08. The zero-order chi connectivity index (χ0) is 20.7. The van der Waals surface area contributed by atoms with Crippen LogP contribution in [0.15, 0.2) is 24.3 Å². The fourth-order valence-corrected chi connectivity index (χ4v) is 2.89. The van der Waals surface area contributed by atoms with Crippen LogP contribution >= 0.6 is 23.2 Å². The average molecular weight is 427 g/mol. The molecule has 0 spiro atoms. The van der Waals surface area contributed by atoms with E-state index >= 15 is 0 Å². The summed E-state index contributed by atoms with van der Waals surface area (Å²) in [5.41, 5.74) is -4.37. The minimum atomic E-state index is -5.23. The zero-order valence-corrected chi connectivity index (χ0v) is 14.2. The molecule has 0 aliphatic carbocycles. The van der Waals surface area contributed by atoms with Crippen molar-refractivity contribution in [3.05, 3.63) is 65.7 Å². The molecule has 13 heteroatoms. The third-order valence-corrected chi connectivity index (χ3v) is 3.95. The largest absolute Gasteiger partial charge is 0.502 e. The predicted molar refractivity (Wildman–Crippen MR) is 87.4 cm³/mol. The van der Waals surface area contributed by atoms with Crippen LogP contribution in [-0.4, -0.2) is 26.2 Å². The minimum absolute atomic E-state index is 0.500. The second-order valence-corrected chi connectivity index (χ2v) is 6.09. The number of nitrogens with zero attached hydrogens (tertiary/aromatic N) is 2. The van der Waals surface area contributed by atoms with E-state index in [2.05, 4.69) is 0 Å².